The van der Waals surface area contributed by atoms with Gasteiger partial charge in [0.2, 0.25) is 10.0 Å². The standard InChI is InChI=1S/C16H21N5O4S/c1-21(2)26(23,24)9-11-7-25-8-14(11)19-16(22)13-6-4-3-5-12(13)15-17-10-18-20-15/h3-6,10-11,14H,7-9H2,1-2H3,(H,19,22)(H,17,18,20)/t11-,14+/m0/s1. The quantitative estimate of drug-likeness (QED) is 0.736. The van der Waals surface area contributed by atoms with Crippen molar-refractivity contribution >= 4 is 15.9 Å². The zero-order chi connectivity index (χ0) is 18.7. The second-order valence-corrected chi connectivity index (χ2v) is 8.55. The number of sulfonamides is 1. The van der Waals surface area contributed by atoms with Crippen LogP contribution in [-0.2, 0) is 14.8 Å². The largest absolute Gasteiger partial charge is 0.379 e. The van der Waals surface area contributed by atoms with Crippen LogP contribution in [0.3, 0.4) is 0 Å². The average Bonchev–Trinajstić information content (AvgIpc) is 3.27. The topological polar surface area (TPSA) is 117 Å². The molecule has 3 rings (SSSR count). The van der Waals surface area contributed by atoms with Gasteiger partial charge in [-0.15, -0.1) is 0 Å². The molecule has 2 atom stereocenters. The van der Waals surface area contributed by atoms with Crippen LogP contribution in [-0.4, -0.2) is 72.9 Å². The Labute approximate surface area is 151 Å². The molecule has 26 heavy (non-hydrogen) atoms. The minimum Gasteiger partial charge on any atom is -0.379 e. The maximum absolute atomic E-state index is 12.8. The molecule has 1 saturated heterocycles. The van der Waals surface area contributed by atoms with E-state index in [1.165, 1.54) is 24.7 Å². The maximum atomic E-state index is 12.8. The maximum Gasteiger partial charge on any atom is 0.252 e. The number of amides is 1. The van der Waals surface area contributed by atoms with Crippen molar-refractivity contribution in [2.24, 2.45) is 5.92 Å². The number of aromatic amines is 1. The van der Waals surface area contributed by atoms with E-state index in [2.05, 4.69) is 20.5 Å². The Kier molecular flexibility index (Phi) is 5.35. The van der Waals surface area contributed by atoms with Crippen molar-refractivity contribution in [1.82, 2.24) is 24.8 Å². The molecule has 10 heteroatoms. The molecular formula is C16H21N5O4S. The highest BCUT2D eigenvalue weighted by Crippen LogP contribution is 2.21. The highest BCUT2D eigenvalue weighted by molar-refractivity contribution is 7.89. The molecule has 2 aromatic rings. The van der Waals surface area contributed by atoms with Crippen LogP contribution in [0, 0.1) is 5.92 Å². The number of hydrogen-bond donors (Lipinski definition) is 2. The van der Waals surface area contributed by atoms with Crippen LogP contribution in [0.15, 0.2) is 30.6 Å². The van der Waals surface area contributed by atoms with Gasteiger partial charge >= 0.3 is 0 Å². The minimum absolute atomic E-state index is 0.0747. The molecule has 2 N–H and O–H groups in total. The van der Waals surface area contributed by atoms with Gasteiger partial charge in [0, 0.05) is 25.6 Å². The number of nitrogens with one attached hydrogen (secondary N) is 2. The van der Waals surface area contributed by atoms with Gasteiger partial charge in [-0.2, -0.15) is 5.10 Å². The first-order chi connectivity index (χ1) is 12.4. The van der Waals surface area contributed by atoms with Gasteiger partial charge in [0.25, 0.3) is 5.91 Å². The molecule has 0 radical (unpaired) electrons. The molecule has 1 aliphatic rings. The van der Waals surface area contributed by atoms with Gasteiger partial charge in [-0.3, -0.25) is 9.89 Å². The SMILES string of the molecule is CN(C)S(=O)(=O)C[C@@H]1COC[C@H]1NC(=O)c1ccccc1-c1ncn[nH]1. The molecule has 0 bridgehead atoms. The highest BCUT2D eigenvalue weighted by atomic mass is 32.2. The van der Waals surface area contributed by atoms with E-state index in [0.29, 0.717) is 23.6 Å². The lowest BCUT2D eigenvalue weighted by Crippen LogP contribution is -2.43. The van der Waals surface area contributed by atoms with Crippen molar-refractivity contribution < 1.29 is 17.9 Å². The highest BCUT2D eigenvalue weighted by Gasteiger charge is 2.34. The van der Waals surface area contributed by atoms with Gasteiger partial charge in [-0.25, -0.2) is 17.7 Å². The van der Waals surface area contributed by atoms with Crippen LogP contribution in [0.5, 0.6) is 0 Å². The lowest BCUT2D eigenvalue weighted by atomic mass is 10.0. The number of benzene rings is 1. The molecule has 1 aromatic carbocycles. The van der Waals surface area contributed by atoms with E-state index < -0.39 is 10.0 Å². The van der Waals surface area contributed by atoms with Crippen LogP contribution in [0.4, 0.5) is 0 Å². The Balaban J connectivity index is 1.76. The van der Waals surface area contributed by atoms with E-state index in [9.17, 15) is 13.2 Å². The second kappa shape index (κ2) is 7.52. The zero-order valence-electron chi connectivity index (χ0n) is 14.5. The summed E-state index contributed by atoms with van der Waals surface area (Å²) in [5.74, 6) is -0.192. The summed E-state index contributed by atoms with van der Waals surface area (Å²) in [5.41, 5.74) is 1.06. The average molecular weight is 379 g/mol. The number of rotatable bonds is 6. The fraction of sp³-hybridized carbons (Fsp3) is 0.438. The summed E-state index contributed by atoms with van der Waals surface area (Å²) < 4.78 is 30.9. The van der Waals surface area contributed by atoms with Crippen molar-refractivity contribution in [2.45, 2.75) is 6.04 Å². The Bertz CT molecular complexity index is 867. The Morgan fingerprint density at radius 3 is 2.81 bits per heavy atom. The Morgan fingerprint density at radius 1 is 1.35 bits per heavy atom. The molecule has 1 aromatic heterocycles. The predicted octanol–water partition coefficient (Wildman–Crippen LogP) is 0.108. The lowest BCUT2D eigenvalue weighted by Gasteiger charge is -2.21. The van der Waals surface area contributed by atoms with E-state index in [-0.39, 0.29) is 30.2 Å². The van der Waals surface area contributed by atoms with Crippen molar-refractivity contribution in [1.29, 1.82) is 0 Å². The van der Waals surface area contributed by atoms with Crippen LogP contribution in [0.25, 0.3) is 11.4 Å². The first-order valence-electron chi connectivity index (χ1n) is 8.12. The minimum atomic E-state index is -3.38. The third-order valence-corrected chi connectivity index (χ3v) is 6.30. The molecule has 1 fully saturated rings. The van der Waals surface area contributed by atoms with E-state index in [0.717, 1.165) is 0 Å². The number of hydrogen-bond acceptors (Lipinski definition) is 6. The van der Waals surface area contributed by atoms with Gasteiger partial charge in [0.05, 0.1) is 30.6 Å². The number of nitrogens with zero attached hydrogens (tertiary/aromatic N) is 3. The van der Waals surface area contributed by atoms with Crippen molar-refractivity contribution in [3.8, 4) is 11.4 Å². The van der Waals surface area contributed by atoms with Crippen LogP contribution in [0.1, 0.15) is 10.4 Å². The molecule has 9 nitrogen and oxygen atoms in total. The molecule has 0 aliphatic carbocycles. The van der Waals surface area contributed by atoms with Gasteiger partial charge in [-0.1, -0.05) is 18.2 Å². The smallest absolute Gasteiger partial charge is 0.252 e. The fourth-order valence-corrected chi connectivity index (χ4v) is 3.98. The molecule has 0 unspecified atom stereocenters. The molecule has 1 aliphatic heterocycles. The van der Waals surface area contributed by atoms with Gasteiger partial charge in [-0.05, 0) is 6.07 Å². The monoisotopic (exact) mass is 379 g/mol. The summed E-state index contributed by atoms with van der Waals surface area (Å²) >= 11 is 0. The molecule has 0 saturated carbocycles. The predicted molar refractivity (Wildman–Crippen MR) is 94.9 cm³/mol. The number of carbonyl (C=O) groups excluding carboxylic acids is 1. The van der Waals surface area contributed by atoms with E-state index in [4.69, 9.17) is 4.74 Å². The summed E-state index contributed by atoms with van der Waals surface area (Å²) in [6.45, 7) is 0.575. The lowest BCUT2D eigenvalue weighted by molar-refractivity contribution is 0.0926. The summed E-state index contributed by atoms with van der Waals surface area (Å²) in [6, 6.07) is 6.65. The number of carbonyl (C=O) groups is 1. The van der Waals surface area contributed by atoms with Gasteiger partial charge in [0.1, 0.15) is 6.33 Å². The molecule has 1 amide bonds. The number of ether oxygens (including phenoxy) is 1. The second-order valence-electron chi connectivity index (χ2n) is 6.32. The van der Waals surface area contributed by atoms with Gasteiger partial charge < -0.3 is 10.1 Å². The third-order valence-electron chi connectivity index (χ3n) is 4.34. The van der Waals surface area contributed by atoms with Gasteiger partial charge in [0.15, 0.2) is 5.82 Å². The normalized spacial score (nSPS) is 20.4. The summed E-state index contributed by atoms with van der Waals surface area (Å²) in [6.07, 6.45) is 1.37. The Morgan fingerprint density at radius 2 is 2.12 bits per heavy atom. The molecule has 2 heterocycles. The summed E-state index contributed by atoms with van der Waals surface area (Å²) in [7, 11) is -0.395. The first-order valence-corrected chi connectivity index (χ1v) is 9.73. The van der Waals surface area contributed by atoms with Crippen LogP contribution < -0.4 is 5.32 Å². The third kappa shape index (κ3) is 3.92. The van der Waals surface area contributed by atoms with E-state index in [1.807, 2.05) is 0 Å². The zero-order valence-corrected chi connectivity index (χ0v) is 15.4. The Hall–Kier alpha value is -2.30. The van der Waals surface area contributed by atoms with Crippen LogP contribution >= 0.6 is 0 Å². The van der Waals surface area contributed by atoms with Crippen molar-refractivity contribution in [3.05, 3.63) is 36.2 Å². The summed E-state index contributed by atoms with van der Waals surface area (Å²) in [4.78, 5) is 16.9. The van der Waals surface area contributed by atoms with Crippen molar-refractivity contribution in [2.75, 3.05) is 33.1 Å². The number of H-pyrrole nitrogens is 1. The summed E-state index contributed by atoms with van der Waals surface area (Å²) in [5, 5.41) is 9.46. The van der Waals surface area contributed by atoms with E-state index >= 15 is 0 Å². The molecular weight excluding hydrogens is 358 g/mol. The van der Waals surface area contributed by atoms with Crippen LogP contribution in [0.2, 0.25) is 0 Å². The fourth-order valence-electron chi connectivity index (χ4n) is 2.81. The van der Waals surface area contributed by atoms with E-state index in [1.54, 1.807) is 24.3 Å². The first kappa shape index (κ1) is 18.5. The number of aromatic nitrogens is 3. The van der Waals surface area contributed by atoms with Crippen molar-refractivity contribution in [3.63, 3.8) is 0 Å². The molecule has 0 spiro atoms. The molecule has 140 valence electrons.